The molecule has 29 heavy (non-hydrogen) atoms. The van der Waals surface area contributed by atoms with Crippen molar-refractivity contribution in [1.29, 1.82) is 0 Å². The molecule has 0 aliphatic heterocycles. The number of benzene rings is 3. The minimum Gasteiger partial charge on any atom is -0.508 e. The van der Waals surface area contributed by atoms with Gasteiger partial charge in [0.2, 0.25) is 0 Å². The smallest absolute Gasteiger partial charge is 0.283 e. The van der Waals surface area contributed by atoms with E-state index in [4.69, 9.17) is 46.4 Å². The standard InChI is InChI=1S/C19H12Cl4O5S/c20-15-3-1-2-13(17(15)22)19(29(26,27)28,10-4-6-11(24)7-5-10)14-8-12(25)9-16(21)18(14)23/h1-9,24-25H,(H,26,27,28). The van der Waals surface area contributed by atoms with Crippen LogP contribution in [0.5, 0.6) is 11.5 Å². The van der Waals surface area contributed by atoms with Gasteiger partial charge in [-0.2, -0.15) is 8.42 Å². The number of phenols is 2. The van der Waals surface area contributed by atoms with Crippen molar-refractivity contribution in [2.45, 2.75) is 4.75 Å². The van der Waals surface area contributed by atoms with E-state index >= 15 is 0 Å². The maximum absolute atomic E-state index is 13.0. The van der Waals surface area contributed by atoms with Crippen LogP contribution in [-0.2, 0) is 14.9 Å². The molecule has 152 valence electrons. The monoisotopic (exact) mass is 492 g/mol. The summed E-state index contributed by atoms with van der Waals surface area (Å²) in [6.07, 6.45) is 0. The third-order valence-corrected chi connectivity index (χ3v) is 7.45. The summed E-state index contributed by atoms with van der Waals surface area (Å²) in [5, 5.41) is 19.2. The molecule has 0 spiro atoms. The molecule has 0 radical (unpaired) electrons. The van der Waals surface area contributed by atoms with E-state index in [9.17, 15) is 23.2 Å². The van der Waals surface area contributed by atoms with Crippen molar-refractivity contribution in [3.05, 3.63) is 91.4 Å². The summed E-state index contributed by atoms with van der Waals surface area (Å²) in [6, 6.07) is 11.4. The van der Waals surface area contributed by atoms with Gasteiger partial charge in [0, 0.05) is 17.2 Å². The Balaban J connectivity index is 2.63. The second kappa shape index (κ2) is 7.87. The van der Waals surface area contributed by atoms with Gasteiger partial charge < -0.3 is 10.2 Å². The van der Waals surface area contributed by atoms with Gasteiger partial charge in [0.05, 0.1) is 20.1 Å². The number of hydrogen-bond donors (Lipinski definition) is 3. The molecule has 0 heterocycles. The Hall–Kier alpha value is -1.67. The molecule has 5 nitrogen and oxygen atoms in total. The first-order valence-corrected chi connectivity index (χ1v) is 10.8. The largest absolute Gasteiger partial charge is 0.508 e. The van der Waals surface area contributed by atoms with E-state index in [-0.39, 0.29) is 48.3 Å². The molecular formula is C19H12Cl4O5S. The Bertz CT molecular complexity index is 1200. The van der Waals surface area contributed by atoms with Crippen LogP contribution in [0.1, 0.15) is 16.7 Å². The third-order valence-electron chi connectivity index (χ3n) is 4.38. The van der Waals surface area contributed by atoms with Crippen LogP contribution in [0, 0.1) is 0 Å². The van der Waals surface area contributed by atoms with Crippen molar-refractivity contribution in [3.8, 4) is 11.5 Å². The maximum Gasteiger partial charge on any atom is 0.283 e. The molecule has 0 amide bonds. The summed E-state index contributed by atoms with van der Waals surface area (Å²) in [4.78, 5) is 0. The van der Waals surface area contributed by atoms with Crippen LogP contribution in [0.2, 0.25) is 20.1 Å². The Morgan fingerprint density at radius 3 is 1.90 bits per heavy atom. The summed E-state index contributed by atoms with van der Waals surface area (Å²) in [5.74, 6) is -0.533. The topological polar surface area (TPSA) is 94.8 Å². The summed E-state index contributed by atoms with van der Waals surface area (Å²) < 4.78 is 34.1. The first kappa shape index (κ1) is 22.0. The lowest BCUT2D eigenvalue weighted by atomic mass is 9.83. The SMILES string of the molecule is O=S(=O)(O)C(c1ccc(O)cc1)(c1cccc(Cl)c1Cl)c1cc(O)cc(Cl)c1Cl. The average molecular weight is 494 g/mol. The van der Waals surface area contributed by atoms with Gasteiger partial charge in [-0.1, -0.05) is 70.7 Å². The van der Waals surface area contributed by atoms with Gasteiger partial charge in [0.1, 0.15) is 11.5 Å². The predicted octanol–water partition coefficient (Wildman–Crippen LogP) is 5.89. The zero-order valence-corrected chi connectivity index (χ0v) is 18.1. The average Bonchev–Trinajstić information content (AvgIpc) is 2.63. The molecule has 0 aliphatic rings. The summed E-state index contributed by atoms with van der Waals surface area (Å²) >= 11 is 24.9. The van der Waals surface area contributed by atoms with Crippen molar-refractivity contribution in [2.24, 2.45) is 0 Å². The normalized spacial score (nSPS) is 13.8. The highest BCUT2D eigenvalue weighted by atomic mass is 35.5. The third kappa shape index (κ3) is 3.65. The molecule has 1 atom stereocenters. The first-order chi connectivity index (χ1) is 13.5. The number of phenolic OH excluding ortho intramolecular Hbond substituents is 2. The molecule has 3 aromatic carbocycles. The Labute approximate surface area is 186 Å². The van der Waals surface area contributed by atoms with Crippen LogP contribution in [-0.4, -0.2) is 23.2 Å². The van der Waals surface area contributed by atoms with Crippen molar-refractivity contribution in [1.82, 2.24) is 0 Å². The minimum absolute atomic E-state index is 0.0227. The summed E-state index contributed by atoms with van der Waals surface area (Å²) in [5.41, 5.74) is -0.393. The first-order valence-electron chi connectivity index (χ1n) is 7.89. The van der Waals surface area contributed by atoms with E-state index in [0.717, 1.165) is 12.1 Å². The van der Waals surface area contributed by atoms with Crippen LogP contribution >= 0.6 is 46.4 Å². The number of aromatic hydroxyl groups is 2. The van der Waals surface area contributed by atoms with Crippen LogP contribution in [0.15, 0.2) is 54.6 Å². The lowest BCUT2D eigenvalue weighted by Crippen LogP contribution is -2.39. The van der Waals surface area contributed by atoms with Gasteiger partial charge in [-0.05, 0) is 29.8 Å². The van der Waals surface area contributed by atoms with Gasteiger partial charge >= 0.3 is 0 Å². The van der Waals surface area contributed by atoms with E-state index in [1.54, 1.807) is 0 Å². The fourth-order valence-electron chi connectivity index (χ4n) is 3.19. The highest BCUT2D eigenvalue weighted by Gasteiger charge is 2.51. The molecule has 0 saturated carbocycles. The Kier molecular flexibility index (Phi) is 5.98. The number of halogens is 4. The van der Waals surface area contributed by atoms with E-state index in [0.29, 0.717) is 0 Å². The molecule has 0 aliphatic carbocycles. The quantitative estimate of drug-likeness (QED) is 0.311. The number of rotatable bonds is 4. The van der Waals surface area contributed by atoms with E-state index in [1.165, 1.54) is 42.5 Å². The van der Waals surface area contributed by atoms with Crippen LogP contribution < -0.4 is 0 Å². The lowest BCUT2D eigenvalue weighted by molar-refractivity contribution is 0.455. The van der Waals surface area contributed by atoms with Crippen LogP contribution in [0.4, 0.5) is 0 Å². The lowest BCUT2D eigenvalue weighted by Gasteiger charge is -2.34. The van der Waals surface area contributed by atoms with Crippen LogP contribution in [0.3, 0.4) is 0 Å². The molecule has 3 aromatic rings. The molecule has 3 N–H and O–H groups in total. The van der Waals surface area contributed by atoms with Crippen molar-refractivity contribution < 1.29 is 23.2 Å². The van der Waals surface area contributed by atoms with E-state index < -0.39 is 14.9 Å². The zero-order chi connectivity index (χ0) is 21.6. The fraction of sp³-hybridized carbons (Fsp3) is 0.0526. The maximum atomic E-state index is 13.0. The van der Waals surface area contributed by atoms with Crippen molar-refractivity contribution >= 4 is 56.5 Å². The fourth-order valence-corrected chi connectivity index (χ4v) is 5.53. The molecule has 0 fully saturated rings. The second-order valence-corrected chi connectivity index (χ2v) is 9.23. The molecule has 3 rings (SSSR count). The highest BCUT2D eigenvalue weighted by Crippen LogP contribution is 2.51. The summed E-state index contributed by atoms with van der Waals surface area (Å²) in [6.45, 7) is 0. The van der Waals surface area contributed by atoms with Gasteiger partial charge in [0.15, 0.2) is 4.75 Å². The Morgan fingerprint density at radius 1 is 0.724 bits per heavy atom. The number of hydrogen-bond acceptors (Lipinski definition) is 4. The van der Waals surface area contributed by atoms with Gasteiger partial charge in [-0.15, -0.1) is 0 Å². The molecule has 0 aromatic heterocycles. The molecule has 1 unspecified atom stereocenters. The minimum atomic E-state index is -5.07. The van der Waals surface area contributed by atoms with Crippen molar-refractivity contribution in [3.63, 3.8) is 0 Å². The zero-order valence-electron chi connectivity index (χ0n) is 14.3. The molecule has 0 saturated heterocycles. The highest BCUT2D eigenvalue weighted by molar-refractivity contribution is 7.87. The van der Waals surface area contributed by atoms with E-state index in [1.807, 2.05) is 0 Å². The second-order valence-electron chi connectivity index (χ2n) is 6.09. The van der Waals surface area contributed by atoms with Gasteiger partial charge in [-0.25, -0.2) is 0 Å². The predicted molar refractivity (Wildman–Crippen MR) is 114 cm³/mol. The van der Waals surface area contributed by atoms with Gasteiger partial charge in [0.25, 0.3) is 10.1 Å². The summed E-state index contributed by atoms with van der Waals surface area (Å²) in [7, 11) is -5.07. The van der Waals surface area contributed by atoms with E-state index in [2.05, 4.69) is 0 Å². The molecule has 0 bridgehead atoms. The van der Waals surface area contributed by atoms with Crippen LogP contribution in [0.25, 0.3) is 0 Å². The molecule has 10 heteroatoms. The molecular weight excluding hydrogens is 482 g/mol. The Morgan fingerprint density at radius 2 is 1.31 bits per heavy atom. The van der Waals surface area contributed by atoms with Gasteiger partial charge in [-0.3, -0.25) is 4.55 Å². The van der Waals surface area contributed by atoms with Crippen molar-refractivity contribution in [2.75, 3.05) is 0 Å².